The largest absolute Gasteiger partial charge is 0.399 e. The second kappa shape index (κ2) is 7.12. The van der Waals surface area contributed by atoms with E-state index in [0.717, 1.165) is 0 Å². The van der Waals surface area contributed by atoms with Crippen LogP contribution >= 0.6 is 11.1 Å². The highest BCUT2D eigenvalue weighted by molar-refractivity contribution is 7.18. The van der Waals surface area contributed by atoms with Gasteiger partial charge in [0.2, 0.25) is 0 Å². The fraction of sp³-hybridized carbons (Fsp3) is 0.467. The van der Waals surface area contributed by atoms with Crippen molar-refractivity contribution in [2.24, 2.45) is 0 Å². The Morgan fingerprint density at radius 2 is 1.67 bits per heavy atom. The minimum Gasteiger partial charge on any atom is -0.399 e. The molecule has 0 bridgehead atoms. The summed E-state index contributed by atoms with van der Waals surface area (Å²) >= 11 is 6.67. The van der Waals surface area contributed by atoms with Crippen LogP contribution in [0.15, 0.2) is 36.4 Å². The third-order valence-corrected chi connectivity index (χ3v) is 9.79. The van der Waals surface area contributed by atoms with Gasteiger partial charge in [0, 0.05) is 0 Å². The van der Waals surface area contributed by atoms with Crippen LogP contribution in [0.25, 0.3) is 6.08 Å². The molecule has 0 radical (unpaired) electrons. The van der Waals surface area contributed by atoms with Gasteiger partial charge >= 0.3 is 0 Å². The number of halogens is 1. The van der Waals surface area contributed by atoms with Crippen LogP contribution in [0.4, 0.5) is 0 Å². The molecule has 0 aliphatic rings. The van der Waals surface area contributed by atoms with Gasteiger partial charge in [-0.1, -0.05) is 70.2 Å². The predicted molar refractivity (Wildman–Crippen MR) is 83.2 cm³/mol. The normalized spacial score (nSPS) is 12.8. The molecular formula is C15H23ClOSi. The first-order valence-electron chi connectivity index (χ1n) is 6.51. The molecule has 0 saturated heterocycles. The quantitative estimate of drug-likeness (QED) is 0.514. The van der Waals surface area contributed by atoms with Gasteiger partial charge in [-0.3, -0.25) is 0 Å². The van der Waals surface area contributed by atoms with Crippen LogP contribution in [-0.2, 0) is 4.43 Å². The van der Waals surface area contributed by atoms with E-state index in [4.69, 9.17) is 15.5 Å². The van der Waals surface area contributed by atoms with Crippen molar-refractivity contribution in [3.63, 3.8) is 0 Å². The van der Waals surface area contributed by atoms with Crippen molar-refractivity contribution >= 4 is 24.8 Å². The van der Waals surface area contributed by atoms with E-state index in [2.05, 4.69) is 45.9 Å². The molecule has 3 heteroatoms. The van der Waals surface area contributed by atoms with Crippen LogP contribution in [0.3, 0.4) is 0 Å². The van der Waals surface area contributed by atoms with E-state index in [1.54, 1.807) is 0 Å². The van der Waals surface area contributed by atoms with Crippen LogP contribution in [0, 0.1) is 0 Å². The van der Waals surface area contributed by atoms with Crippen LogP contribution in [0.5, 0.6) is 0 Å². The molecule has 1 rings (SSSR count). The Hall–Kier alpha value is -0.573. The van der Waals surface area contributed by atoms with Crippen LogP contribution < -0.4 is 0 Å². The molecule has 0 amide bonds. The van der Waals surface area contributed by atoms with Gasteiger partial charge in [0.25, 0.3) is 7.63 Å². The average molecular weight is 283 g/mol. The highest BCUT2D eigenvalue weighted by atomic mass is 35.6. The maximum atomic E-state index is 6.67. The molecule has 0 aromatic heterocycles. The average Bonchev–Trinajstić information content (AvgIpc) is 2.35. The number of rotatable bonds is 6. The van der Waals surface area contributed by atoms with Crippen molar-refractivity contribution in [2.45, 2.75) is 38.8 Å². The van der Waals surface area contributed by atoms with Gasteiger partial charge in [-0.05, 0) is 16.6 Å². The minimum atomic E-state index is -2.12. The van der Waals surface area contributed by atoms with Crippen molar-refractivity contribution in [2.75, 3.05) is 6.61 Å². The Bertz CT molecular complexity index is 365. The van der Waals surface area contributed by atoms with Gasteiger partial charge < -0.3 is 4.43 Å². The molecule has 1 nitrogen and oxygen atoms in total. The lowest BCUT2D eigenvalue weighted by molar-refractivity contribution is 0.343. The first-order valence-corrected chi connectivity index (χ1v) is 9.58. The van der Waals surface area contributed by atoms with Gasteiger partial charge in [-0.2, -0.15) is 0 Å². The summed E-state index contributed by atoms with van der Waals surface area (Å²) < 4.78 is 5.99. The molecule has 0 heterocycles. The molecule has 0 atom stereocenters. The smallest absolute Gasteiger partial charge is 0.295 e. The van der Waals surface area contributed by atoms with Crippen molar-refractivity contribution in [1.82, 2.24) is 0 Å². The van der Waals surface area contributed by atoms with E-state index in [1.807, 2.05) is 24.3 Å². The topological polar surface area (TPSA) is 9.23 Å². The first-order chi connectivity index (χ1) is 8.47. The molecule has 18 heavy (non-hydrogen) atoms. The zero-order chi connectivity index (χ0) is 13.6. The number of benzene rings is 1. The fourth-order valence-corrected chi connectivity index (χ4v) is 4.46. The van der Waals surface area contributed by atoms with E-state index >= 15 is 0 Å². The summed E-state index contributed by atoms with van der Waals surface area (Å²) in [4.78, 5) is 0. The molecule has 0 fully saturated rings. The van der Waals surface area contributed by atoms with Gasteiger partial charge in [-0.15, -0.1) is 11.1 Å². The van der Waals surface area contributed by atoms with Crippen molar-refractivity contribution in [3.05, 3.63) is 42.0 Å². The second-order valence-electron chi connectivity index (χ2n) is 5.13. The minimum absolute atomic E-state index is 0.421. The Balaban J connectivity index is 2.52. The van der Waals surface area contributed by atoms with E-state index in [1.165, 1.54) is 5.56 Å². The summed E-state index contributed by atoms with van der Waals surface area (Å²) in [5.41, 5.74) is 2.03. The lowest BCUT2D eigenvalue weighted by Crippen LogP contribution is -2.38. The molecule has 100 valence electrons. The Morgan fingerprint density at radius 1 is 1.11 bits per heavy atom. The van der Waals surface area contributed by atoms with Crippen molar-refractivity contribution < 1.29 is 4.43 Å². The predicted octanol–water partition coefficient (Wildman–Crippen LogP) is 5.22. The monoisotopic (exact) mass is 282 g/mol. The highest BCUT2D eigenvalue weighted by Gasteiger charge is 2.40. The fourth-order valence-electron chi connectivity index (χ4n) is 1.92. The summed E-state index contributed by atoms with van der Waals surface area (Å²) in [6, 6.07) is 10.2. The molecule has 0 N–H and O–H groups in total. The zero-order valence-electron chi connectivity index (χ0n) is 11.7. The van der Waals surface area contributed by atoms with E-state index in [0.29, 0.717) is 17.7 Å². The molecule has 0 unspecified atom stereocenters. The third-order valence-electron chi connectivity index (χ3n) is 3.09. The van der Waals surface area contributed by atoms with Crippen LogP contribution in [0.1, 0.15) is 33.3 Å². The van der Waals surface area contributed by atoms with E-state index in [-0.39, 0.29) is 0 Å². The van der Waals surface area contributed by atoms with Gasteiger partial charge in [0.05, 0.1) is 6.61 Å². The van der Waals surface area contributed by atoms with E-state index in [9.17, 15) is 0 Å². The molecule has 0 aliphatic heterocycles. The number of hydrogen-bond donors (Lipinski definition) is 0. The van der Waals surface area contributed by atoms with Crippen LogP contribution in [0.2, 0.25) is 11.1 Å². The Labute approximate surface area is 117 Å². The van der Waals surface area contributed by atoms with Crippen LogP contribution in [-0.4, -0.2) is 14.2 Å². The lowest BCUT2D eigenvalue weighted by Gasteiger charge is -2.31. The lowest BCUT2D eigenvalue weighted by atomic mass is 10.2. The molecule has 1 aromatic rings. The van der Waals surface area contributed by atoms with Crippen molar-refractivity contribution in [1.29, 1.82) is 0 Å². The summed E-state index contributed by atoms with van der Waals surface area (Å²) in [6.45, 7) is 9.21. The highest BCUT2D eigenvalue weighted by Crippen LogP contribution is 2.36. The maximum Gasteiger partial charge on any atom is 0.295 e. The summed E-state index contributed by atoms with van der Waals surface area (Å²) in [5, 5.41) is 0. The van der Waals surface area contributed by atoms with Gasteiger partial charge in [0.15, 0.2) is 0 Å². The molecule has 0 spiro atoms. The summed E-state index contributed by atoms with van der Waals surface area (Å²) in [7, 11) is -2.12. The van der Waals surface area contributed by atoms with Gasteiger partial charge in [0.1, 0.15) is 0 Å². The molecular weight excluding hydrogens is 260 g/mol. The standard InChI is InChI=1S/C15H23ClOSi/c1-13(2)18(16,14(3)4)17-12-8-11-15-9-6-5-7-10-15/h5-11,13-14H,12H2,1-4H3/b11-8+. The van der Waals surface area contributed by atoms with Gasteiger partial charge in [-0.25, -0.2) is 0 Å². The van der Waals surface area contributed by atoms with E-state index < -0.39 is 7.63 Å². The zero-order valence-corrected chi connectivity index (χ0v) is 13.4. The maximum absolute atomic E-state index is 6.67. The molecule has 1 aromatic carbocycles. The summed E-state index contributed by atoms with van der Waals surface area (Å²) in [5.74, 6) is 0. The third kappa shape index (κ3) is 4.27. The number of hydrogen-bond acceptors (Lipinski definition) is 1. The Kier molecular flexibility index (Phi) is 6.13. The molecule has 0 saturated carbocycles. The Morgan fingerprint density at radius 3 is 2.17 bits per heavy atom. The van der Waals surface area contributed by atoms with Crippen molar-refractivity contribution in [3.8, 4) is 0 Å². The SMILES string of the molecule is CC(C)[Si](Cl)(OC/C=C/c1ccccc1)C(C)C. The molecule has 0 aliphatic carbocycles. The first kappa shape index (κ1) is 15.5. The second-order valence-corrected chi connectivity index (χ2v) is 10.9. The summed E-state index contributed by atoms with van der Waals surface area (Å²) in [6.07, 6.45) is 4.12.